The van der Waals surface area contributed by atoms with Gasteiger partial charge in [-0.25, -0.2) is 0 Å². The molecule has 1 fully saturated rings. The maximum Gasteiger partial charge on any atom is 0.119 e. The van der Waals surface area contributed by atoms with Crippen LogP contribution in [0, 0.1) is 0 Å². The van der Waals surface area contributed by atoms with Crippen molar-refractivity contribution in [2.24, 2.45) is 0 Å². The van der Waals surface area contributed by atoms with Gasteiger partial charge >= 0.3 is 0 Å². The van der Waals surface area contributed by atoms with Crippen molar-refractivity contribution < 1.29 is 9.84 Å². The van der Waals surface area contributed by atoms with Gasteiger partial charge in [0.05, 0.1) is 13.2 Å². The molecule has 1 heterocycles. The van der Waals surface area contributed by atoms with E-state index in [1.165, 1.54) is 10.8 Å². The predicted molar refractivity (Wildman–Crippen MR) is 81.2 cm³/mol. The Labute approximate surface area is 119 Å². The van der Waals surface area contributed by atoms with Crippen molar-refractivity contribution in [3.8, 4) is 5.75 Å². The number of phenols is 1. The first kappa shape index (κ1) is 13.4. The van der Waals surface area contributed by atoms with E-state index in [9.17, 15) is 5.11 Å². The average molecular weight is 271 g/mol. The molecule has 1 saturated heterocycles. The first-order valence-electron chi connectivity index (χ1n) is 7.34. The van der Waals surface area contributed by atoms with Crippen LogP contribution in [0.4, 0.5) is 0 Å². The van der Waals surface area contributed by atoms with Crippen LogP contribution in [0.3, 0.4) is 0 Å². The third-order valence-electron chi connectivity index (χ3n) is 4.02. The van der Waals surface area contributed by atoms with Crippen LogP contribution in [0.25, 0.3) is 10.8 Å². The lowest BCUT2D eigenvalue weighted by molar-refractivity contribution is 0.0374. The fourth-order valence-electron chi connectivity index (χ4n) is 2.89. The molecule has 1 N–H and O–H groups in total. The second-order valence-electron chi connectivity index (χ2n) is 5.34. The minimum absolute atomic E-state index is 0.422. The van der Waals surface area contributed by atoms with Crippen LogP contribution in [0.15, 0.2) is 36.4 Å². The Balaban J connectivity index is 1.68. The molecule has 0 aromatic heterocycles. The zero-order chi connectivity index (χ0) is 13.8. The van der Waals surface area contributed by atoms with Crippen molar-refractivity contribution >= 4 is 10.8 Å². The molecule has 1 aliphatic rings. The molecule has 106 valence electrons. The third kappa shape index (κ3) is 2.94. The average Bonchev–Trinajstić information content (AvgIpc) is 2.50. The highest BCUT2D eigenvalue weighted by molar-refractivity contribution is 5.87. The van der Waals surface area contributed by atoms with Gasteiger partial charge in [0.2, 0.25) is 0 Å². The maximum atomic E-state index is 10.1. The highest BCUT2D eigenvalue weighted by atomic mass is 16.5. The summed E-state index contributed by atoms with van der Waals surface area (Å²) in [6.45, 7) is 4.83. The van der Waals surface area contributed by atoms with E-state index in [4.69, 9.17) is 4.74 Å². The number of phenolic OH excluding ortho intramolecular Hbond substituents is 1. The molecule has 3 heteroatoms. The first-order chi connectivity index (χ1) is 9.84. The Hall–Kier alpha value is -1.58. The molecule has 20 heavy (non-hydrogen) atoms. The Kier molecular flexibility index (Phi) is 4.19. The van der Waals surface area contributed by atoms with E-state index >= 15 is 0 Å². The normalized spacial score (nSPS) is 16.6. The van der Waals surface area contributed by atoms with Crippen LogP contribution in [0.1, 0.15) is 12.0 Å². The number of aryl methyl sites for hydroxylation is 1. The molecule has 0 atom stereocenters. The molecule has 0 bridgehead atoms. The number of hydrogen-bond acceptors (Lipinski definition) is 3. The van der Waals surface area contributed by atoms with Crippen LogP contribution < -0.4 is 0 Å². The molecular weight excluding hydrogens is 250 g/mol. The van der Waals surface area contributed by atoms with Gasteiger partial charge in [0.1, 0.15) is 5.75 Å². The quantitative estimate of drug-likeness (QED) is 0.928. The fraction of sp³-hybridized carbons (Fsp3) is 0.412. The molecule has 0 saturated carbocycles. The molecule has 0 unspecified atom stereocenters. The summed E-state index contributed by atoms with van der Waals surface area (Å²) < 4.78 is 5.36. The number of nitrogens with zero attached hydrogens (tertiary/aromatic N) is 1. The van der Waals surface area contributed by atoms with E-state index in [-0.39, 0.29) is 0 Å². The molecular formula is C17H21NO2. The zero-order valence-electron chi connectivity index (χ0n) is 11.7. The van der Waals surface area contributed by atoms with Crippen LogP contribution in [0.5, 0.6) is 5.75 Å². The monoisotopic (exact) mass is 271 g/mol. The number of fused-ring (bicyclic) bond motifs is 1. The van der Waals surface area contributed by atoms with Crippen molar-refractivity contribution in [1.29, 1.82) is 0 Å². The molecule has 3 nitrogen and oxygen atoms in total. The summed E-state index contributed by atoms with van der Waals surface area (Å²) >= 11 is 0. The van der Waals surface area contributed by atoms with Crippen molar-refractivity contribution in [2.75, 3.05) is 32.8 Å². The molecule has 0 amide bonds. The van der Waals surface area contributed by atoms with Crippen molar-refractivity contribution in [2.45, 2.75) is 12.8 Å². The Morgan fingerprint density at radius 3 is 2.70 bits per heavy atom. The van der Waals surface area contributed by atoms with E-state index in [1.54, 1.807) is 0 Å². The SMILES string of the molecule is Oc1ccc2ccccc2c1CCCN1CCOCC1. The van der Waals surface area contributed by atoms with Gasteiger partial charge < -0.3 is 9.84 Å². The van der Waals surface area contributed by atoms with Crippen LogP contribution in [0.2, 0.25) is 0 Å². The molecule has 0 radical (unpaired) electrons. The van der Waals surface area contributed by atoms with Crippen LogP contribution in [-0.2, 0) is 11.2 Å². The number of rotatable bonds is 4. The Morgan fingerprint density at radius 1 is 1.05 bits per heavy atom. The second kappa shape index (κ2) is 6.25. The summed E-state index contributed by atoms with van der Waals surface area (Å²) in [4.78, 5) is 2.44. The van der Waals surface area contributed by atoms with Gasteiger partial charge in [-0.05, 0) is 36.2 Å². The minimum atomic E-state index is 0.422. The molecule has 3 rings (SSSR count). The van der Waals surface area contributed by atoms with Crippen LogP contribution >= 0.6 is 0 Å². The summed E-state index contributed by atoms with van der Waals surface area (Å²) in [6.07, 6.45) is 1.99. The Morgan fingerprint density at radius 2 is 1.85 bits per heavy atom. The summed E-state index contributed by atoms with van der Waals surface area (Å²) in [6, 6.07) is 12.1. The van der Waals surface area contributed by atoms with E-state index in [0.29, 0.717) is 5.75 Å². The lowest BCUT2D eigenvalue weighted by Gasteiger charge is -2.26. The van der Waals surface area contributed by atoms with Gasteiger partial charge in [0.25, 0.3) is 0 Å². The zero-order valence-corrected chi connectivity index (χ0v) is 11.7. The molecule has 0 spiro atoms. The highest BCUT2D eigenvalue weighted by Gasteiger charge is 2.11. The molecule has 1 aliphatic heterocycles. The largest absolute Gasteiger partial charge is 0.508 e. The number of ether oxygens (including phenoxy) is 1. The van der Waals surface area contributed by atoms with Crippen molar-refractivity contribution in [1.82, 2.24) is 4.90 Å². The van der Waals surface area contributed by atoms with Gasteiger partial charge in [-0.2, -0.15) is 0 Å². The highest BCUT2D eigenvalue weighted by Crippen LogP contribution is 2.28. The topological polar surface area (TPSA) is 32.7 Å². The maximum absolute atomic E-state index is 10.1. The van der Waals surface area contributed by atoms with Gasteiger partial charge in [-0.1, -0.05) is 30.3 Å². The third-order valence-corrected chi connectivity index (χ3v) is 4.02. The molecule has 2 aromatic carbocycles. The van der Waals surface area contributed by atoms with Crippen molar-refractivity contribution in [3.63, 3.8) is 0 Å². The van der Waals surface area contributed by atoms with Gasteiger partial charge in [-0.3, -0.25) is 4.90 Å². The first-order valence-corrected chi connectivity index (χ1v) is 7.34. The minimum Gasteiger partial charge on any atom is -0.508 e. The summed E-state index contributed by atoms with van der Waals surface area (Å²) in [5.74, 6) is 0.422. The number of morpholine rings is 1. The molecule has 0 aliphatic carbocycles. The van der Waals surface area contributed by atoms with E-state index < -0.39 is 0 Å². The fourth-order valence-corrected chi connectivity index (χ4v) is 2.89. The lowest BCUT2D eigenvalue weighted by Crippen LogP contribution is -2.36. The summed E-state index contributed by atoms with van der Waals surface area (Å²) in [5.41, 5.74) is 1.08. The smallest absolute Gasteiger partial charge is 0.119 e. The molecule has 2 aromatic rings. The lowest BCUT2D eigenvalue weighted by atomic mass is 9.99. The standard InChI is InChI=1S/C17H21NO2/c19-17-8-7-14-4-1-2-5-15(14)16(17)6-3-9-18-10-12-20-13-11-18/h1-2,4-5,7-8,19H,3,6,9-13H2. The summed E-state index contributed by atoms with van der Waals surface area (Å²) in [5, 5.41) is 12.5. The predicted octanol–water partition coefficient (Wildman–Crippen LogP) is 2.81. The van der Waals surface area contributed by atoms with Crippen LogP contribution in [-0.4, -0.2) is 42.9 Å². The van der Waals surface area contributed by atoms with E-state index in [1.807, 2.05) is 24.3 Å². The summed E-state index contributed by atoms with van der Waals surface area (Å²) in [7, 11) is 0. The number of aromatic hydroxyl groups is 1. The Bertz CT molecular complexity index is 576. The second-order valence-corrected chi connectivity index (χ2v) is 5.34. The van der Waals surface area contributed by atoms with Crippen molar-refractivity contribution in [3.05, 3.63) is 42.0 Å². The van der Waals surface area contributed by atoms with Gasteiger partial charge in [-0.15, -0.1) is 0 Å². The van der Waals surface area contributed by atoms with E-state index in [2.05, 4.69) is 17.0 Å². The number of benzene rings is 2. The van der Waals surface area contributed by atoms with Gasteiger partial charge in [0.15, 0.2) is 0 Å². The number of hydrogen-bond donors (Lipinski definition) is 1. The van der Waals surface area contributed by atoms with Gasteiger partial charge in [0, 0.05) is 18.7 Å². The van der Waals surface area contributed by atoms with E-state index in [0.717, 1.165) is 51.3 Å².